The minimum Gasteiger partial charge on any atom is -0.448 e. The lowest BCUT2D eigenvalue weighted by Crippen LogP contribution is -2.13. The van der Waals surface area contributed by atoms with Gasteiger partial charge in [-0.3, -0.25) is 0 Å². The van der Waals surface area contributed by atoms with Crippen molar-refractivity contribution in [1.29, 1.82) is 5.26 Å². The van der Waals surface area contributed by atoms with E-state index < -0.39 is 6.09 Å². The van der Waals surface area contributed by atoms with Gasteiger partial charge in [0.05, 0.1) is 18.2 Å². The first kappa shape index (κ1) is 12.4. The fraction of sp³-hybridized carbons (Fsp3) is 0.385. The standard InChI is InChI=1S/C13H14N2O3/c1-2-3-8-17-13(16)15-12(18-15)11-6-4-10(9-14)5-7-11/h4-7,12H,2-3,8H2,1H3. The van der Waals surface area contributed by atoms with Gasteiger partial charge in [-0.05, 0) is 18.6 Å². The minimum atomic E-state index is -0.460. The summed E-state index contributed by atoms with van der Waals surface area (Å²) in [6.07, 6.45) is 0.985. The lowest BCUT2D eigenvalue weighted by atomic mass is 10.1. The molecule has 1 fully saturated rings. The van der Waals surface area contributed by atoms with Crippen LogP contribution in [0.5, 0.6) is 0 Å². The first-order chi connectivity index (χ1) is 8.76. The van der Waals surface area contributed by atoms with Crippen LogP contribution in [0.15, 0.2) is 24.3 Å². The summed E-state index contributed by atoms with van der Waals surface area (Å²) in [6.45, 7) is 2.44. The molecule has 1 aromatic rings. The molecule has 1 atom stereocenters. The van der Waals surface area contributed by atoms with Crippen molar-refractivity contribution in [1.82, 2.24) is 5.06 Å². The average Bonchev–Trinajstić information content (AvgIpc) is 3.19. The second-order valence-corrected chi connectivity index (χ2v) is 3.99. The van der Waals surface area contributed by atoms with Crippen molar-refractivity contribution in [3.63, 3.8) is 0 Å². The van der Waals surface area contributed by atoms with Gasteiger partial charge in [-0.2, -0.15) is 5.26 Å². The summed E-state index contributed by atoms with van der Waals surface area (Å²) in [5, 5.41) is 9.87. The highest BCUT2D eigenvalue weighted by Gasteiger charge is 2.44. The number of rotatable bonds is 4. The quantitative estimate of drug-likeness (QED) is 0.605. The minimum absolute atomic E-state index is 0.383. The molecular weight excluding hydrogens is 232 g/mol. The number of hydrogen-bond donors (Lipinski definition) is 0. The predicted molar refractivity (Wildman–Crippen MR) is 63.1 cm³/mol. The number of nitriles is 1. The summed E-state index contributed by atoms with van der Waals surface area (Å²) >= 11 is 0. The summed E-state index contributed by atoms with van der Waals surface area (Å²) in [5.41, 5.74) is 1.41. The number of carbonyl (C=O) groups is 1. The van der Waals surface area contributed by atoms with Gasteiger partial charge in [0.15, 0.2) is 0 Å². The topological polar surface area (TPSA) is 65.6 Å². The van der Waals surface area contributed by atoms with Crippen molar-refractivity contribution < 1.29 is 14.4 Å². The highest BCUT2D eigenvalue weighted by Crippen LogP contribution is 2.37. The number of ether oxygens (including phenoxy) is 1. The molecule has 0 radical (unpaired) electrons. The third kappa shape index (κ3) is 2.79. The molecule has 18 heavy (non-hydrogen) atoms. The Morgan fingerprint density at radius 2 is 2.22 bits per heavy atom. The SMILES string of the molecule is CCCCOC(=O)N1OC1c1ccc(C#N)cc1. The maximum absolute atomic E-state index is 11.5. The Morgan fingerprint density at radius 1 is 1.50 bits per heavy atom. The Hall–Kier alpha value is -2.06. The van der Waals surface area contributed by atoms with E-state index in [1.165, 1.54) is 5.06 Å². The Labute approximate surface area is 105 Å². The first-order valence-electron chi connectivity index (χ1n) is 5.89. The molecule has 0 spiro atoms. The zero-order valence-corrected chi connectivity index (χ0v) is 10.1. The molecule has 1 aromatic carbocycles. The van der Waals surface area contributed by atoms with Crippen LogP contribution in [0.2, 0.25) is 0 Å². The highest BCUT2D eigenvalue weighted by atomic mass is 16.9. The smallest absolute Gasteiger partial charge is 0.436 e. The van der Waals surface area contributed by atoms with E-state index in [1.54, 1.807) is 24.3 Å². The molecule has 0 saturated carbocycles. The molecule has 1 amide bonds. The summed E-state index contributed by atoms with van der Waals surface area (Å²) in [7, 11) is 0. The van der Waals surface area contributed by atoms with Gasteiger partial charge in [-0.25, -0.2) is 9.63 Å². The maximum atomic E-state index is 11.5. The monoisotopic (exact) mass is 246 g/mol. The zero-order valence-electron chi connectivity index (χ0n) is 10.1. The molecule has 1 aliphatic heterocycles. The molecule has 1 saturated heterocycles. The van der Waals surface area contributed by atoms with Crippen LogP contribution in [0, 0.1) is 11.3 Å². The van der Waals surface area contributed by atoms with Crippen LogP contribution in [-0.4, -0.2) is 17.8 Å². The summed E-state index contributed by atoms with van der Waals surface area (Å²) in [4.78, 5) is 16.7. The van der Waals surface area contributed by atoms with Crippen LogP contribution in [0.4, 0.5) is 4.79 Å². The predicted octanol–water partition coefficient (Wildman–Crippen LogP) is 2.74. The first-order valence-corrected chi connectivity index (χ1v) is 5.89. The van der Waals surface area contributed by atoms with E-state index in [9.17, 15) is 4.79 Å². The molecule has 0 aromatic heterocycles. The molecule has 2 rings (SSSR count). The van der Waals surface area contributed by atoms with E-state index in [1.807, 2.05) is 13.0 Å². The molecule has 1 heterocycles. The number of hydrogen-bond acceptors (Lipinski definition) is 4. The van der Waals surface area contributed by atoms with E-state index in [4.69, 9.17) is 14.8 Å². The lowest BCUT2D eigenvalue weighted by molar-refractivity contribution is 0.0912. The maximum Gasteiger partial charge on any atom is 0.436 e. The fourth-order valence-corrected chi connectivity index (χ4v) is 1.51. The van der Waals surface area contributed by atoms with Gasteiger partial charge >= 0.3 is 6.09 Å². The summed E-state index contributed by atoms with van der Waals surface area (Å²) < 4.78 is 5.01. The van der Waals surface area contributed by atoms with Crippen molar-refractivity contribution in [3.8, 4) is 6.07 Å². The van der Waals surface area contributed by atoms with Gasteiger partial charge in [-0.1, -0.05) is 25.5 Å². The van der Waals surface area contributed by atoms with Crippen LogP contribution in [0.1, 0.15) is 37.1 Å². The average molecular weight is 246 g/mol. The van der Waals surface area contributed by atoms with Gasteiger partial charge in [0.25, 0.3) is 0 Å². The molecule has 0 N–H and O–H groups in total. The van der Waals surface area contributed by atoms with Gasteiger partial charge in [0.1, 0.15) is 0 Å². The zero-order chi connectivity index (χ0) is 13.0. The van der Waals surface area contributed by atoms with Crippen molar-refractivity contribution in [2.45, 2.75) is 26.0 Å². The van der Waals surface area contributed by atoms with Gasteiger partial charge < -0.3 is 4.74 Å². The van der Waals surface area contributed by atoms with Crippen LogP contribution in [0.25, 0.3) is 0 Å². The Morgan fingerprint density at radius 3 is 2.83 bits per heavy atom. The van der Waals surface area contributed by atoms with Gasteiger partial charge in [0, 0.05) is 5.56 Å². The number of carbonyl (C=O) groups excluding carboxylic acids is 1. The second kappa shape index (κ2) is 5.52. The van der Waals surface area contributed by atoms with Crippen molar-refractivity contribution in [2.75, 3.05) is 6.61 Å². The molecular formula is C13H14N2O3. The largest absolute Gasteiger partial charge is 0.448 e. The summed E-state index contributed by atoms with van der Waals surface area (Å²) in [5.74, 6) is 0. The van der Waals surface area contributed by atoms with E-state index in [-0.39, 0.29) is 6.23 Å². The molecule has 0 bridgehead atoms. The Balaban J connectivity index is 1.86. The third-order valence-corrected chi connectivity index (χ3v) is 2.61. The lowest BCUT2D eigenvalue weighted by Gasteiger charge is -2.02. The van der Waals surface area contributed by atoms with Crippen molar-refractivity contribution in [3.05, 3.63) is 35.4 Å². The molecule has 1 aliphatic rings. The number of amides is 1. The highest BCUT2D eigenvalue weighted by molar-refractivity contribution is 5.68. The Kier molecular flexibility index (Phi) is 3.80. The molecule has 5 nitrogen and oxygen atoms in total. The van der Waals surface area contributed by atoms with Gasteiger partial charge in [0.2, 0.25) is 6.23 Å². The fourth-order valence-electron chi connectivity index (χ4n) is 1.51. The number of unbranched alkanes of at least 4 members (excludes halogenated alkanes) is 1. The van der Waals surface area contributed by atoms with Crippen LogP contribution < -0.4 is 0 Å². The van der Waals surface area contributed by atoms with E-state index >= 15 is 0 Å². The summed E-state index contributed by atoms with van der Waals surface area (Å²) in [6, 6.07) is 8.95. The van der Waals surface area contributed by atoms with Crippen molar-refractivity contribution in [2.24, 2.45) is 0 Å². The molecule has 0 aliphatic carbocycles. The number of hydroxylamine groups is 2. The van der Waals surface area contributed by atoms with Gasteiger partial charge in [-0.15, -0.1) is 5.06 Å². The molecule has 1 unspecified atom stereocenters. The van der Waals surface area contributed by atoms with Crippen LogP contribution >= 0.6 is 0 Å². The van der Waals surface area contributed by atoms with E-state index in [2.05, 4.69) is 0 Å². The van der Waals surface area contributed by atoms with Crippen LogP contribution in [-0.2, 0) is 9.57 Å². The number of nitrogens with zero attached hydrogens (tertiary/aromatic N) is 2. The number of benzene rings is 1. The van der Waals surface area contributed by atoms with E-state index in [0.29, 0.717) is 12.2 Å². The van der Waals surface area contributed by atoms with Crippen LogP contribution in [0.3, 0.4) is 0 Å². The van der Waals surface area contributed by atoms with Crippen molar-refractivity contribution >= 4 is 6.09 Å². The second-order valence-electron chi connectivity index (χ2n) is 3.99. The normalized spacial score (nSPS) is 17.1. The molecule has 94 valence electrons. The van der Waals surface area contributed by atoms with E-state index in [0.717, 1.165) is 18.4 Å². The Bertz CT molecular complexity index is 464. The third-order valence-electron chi connectivity index (χ3n) is 2.61. The molecule has 5 heteroatoms.